The van der Waals surface area contributed by atoms with Crippen molar-refractivity contribution in [2.45, 2.75) is 13.1 Å². The van der Waals surface area contributed by atoms with E-state index in [2.05, 4.69) is 21.0 Å². The van der Waals surface area contributed by atoms with Crippen molar-refractivity contribution in [1.82, 2.24) is 9.78 Å². The number of carbonyl (C=O) groups is 1. The molecule has 8 heteroatoms. The fourth-order valence-corrected chi connectivity index (χ4v) is 2.06. The Hall–Kier alpha value is -1.83. The van der Waals surface area contributed by atoms with Gasteiger partial charge in [-0.3, -0.25) is 0 Å². The van der Waals surface area contributed by atoms with Crippen LogP contribution in [0.25, 0.3) is 5.69 Å². The normalized spacial score (nSPS) is 11.5. The molecule has 1 aromatic carbocycles. The minimum Gasteiger partial charge on any atom is -0.462 e. The van der Waals surface area contributed by atoms with E-state index in [1.54, 1.807) is 6.92 Å². The Morgan fingerprint density at radius 1 is 1.43 bits per heavy atom. The van der Waals surface area contributed by atoms with Gasteiger partial charge in [0.2, 0.25) is 0 Å². The molecule has 1 heterocycles. The van der Waals surface area contributed by atoms with Gasteiger partial charge < -0.3 is 4.74 Å². The summed E-state index contributed by atoms with van der Waals surface area (Å²) >= 11 is 3.12. The summed E-state index contributed by atoms with van der Waals surface area (Å²) in [6.07, 6.45) is -2.15. The highest BCUT2D eigenvalue weighted by Gasteiger charge is 2.34. The van der Waals surface area contributed by atoms with Crippen LogP contribution in [0, 0.1) is 0 Å². The van der Waals surface area contributed by atoms with Gasteiger partial charge in [-0.05, 0) is 25.1 Å². The monoisotopic (exact) mass is 362 g/mol. The number of benzene rings is 1. The summed E-state index contributed by atoms with van der Waals surface area (Å²) < 4.78 is 45.3. The third-order valence-corrected chi connectivity index (χ3v) is 3.10. The fourth-order valence-electron chi connectivity index (χ4n) is 1.71. The molecule has 21 heavy (non-hydrogen) atoms. The zero-order chi connectivity index (χ0) is 15.6. The van der Waals surface area contributed by atoms with E-state index in [4.69, 9.17) is 4.74 Å². The molecular formula is C13H10BrF3N2O2. The first-order valence-electron chi connectivity index (χ1n) is 5.92. The van der Waals surface area contributed by atoms with Gasteiger partial charge in [-0.25, -0.2) is 9.48 Å². The van der Waals surface area contributed by atoms with Gasteiger partial charge in [-0.1, -0.05) is 15.9 Å². The molecule has 4 nitrogen and oxygen atoms in total. The summed E-state index contributed by atoms with van der Waals surface area (Å²) in [6.45, 7) is 1.81. The van der Waals surface area contributed by atoms with Gasteiger partial charge in [-0.15, -0.1) is 0 Å². The van der Waals surface area contributed by atoms with Crippen LogP contribution in [0.5, 0.6) is 0 Å². The lowest BCUT2D eigenvalue weighted by molar-refractivity contribution is -0.137. The van der Waals surface area contributed by atoms with Crippen LogP contribution in [0.2, 0.25) is 0 Å². The van der Waals surface area contributed by atoms with E-state index in [1.165, 1.54) is 24.5 Å². The molecule has 0 saturated carbocycles. The lowest BCUT2D eigenvalue weighted by atomic mass is 10.1. The van der Waals surface area contributed by atoms with E-state index in [9.17, 15) is 18.0 Å². The minimum atomic E-state index is -4.52. The molecule has 2 aromatic rings. The number of aromatic nitrogens is 2. The average Bonchev–Trinajstić information content (AvgIpc) is 2.87. The van der Waals surface area contributed by atoms with Crippen molar-refractivity contribution in [3.63, 3.8) is 0 Å². The van der Waals surface area contributed by atoms with Crippen LogP contribution in [0.15, 0.2) is 35.1 Å². The number of hydrogen-bond donors (Lipinski definition) is 0. The van der Waals surface area contributed by atoms with Crippen LogP contribution < -0.4 is 0 Å². The van der Waals surface area contributed by atoms with Crippen molar-refractivity contribution in [2.24, 2.45) is 0 Å². The molecule has 0 aliphatic heterocycles. The Balaban J connectivity index is 2.47. The molecule has 0 bridgehead atoms. The number of carbonyl (C=O) groups excluding carboxylic acids is 1. The van der Waals surface area contributed by atoms with Crippen molar-refractivity contribution in [3.8, 4) is 5.69 Å². The first-order valence-corrected chi connectivity index (χ1v) is 6.71. The first-order chi connectivity index (χ1) is 9.82. The summed E-state index contributed by atoms with van der Waals surface area (Å²) in [5.74, 6) is -0.632. The molecule has 0 atom stereocenters. The van der Waals surface area contributed by atoms with Gasteiger partial charge in [0.05, 0.1) is 29.6 Å². The highest BCUT2D eigenvalue weighted by atomic mass is 79.9. The Morgan fingerprint density at radius 2 is 2.14 bits per heavy atom. The van der Waals surface area contributed by atoms with Gasteiger partial charge >= 0.3 is 12.1 Å². The van der Waals surface area contributed by atoms with Gasteiger partial charge in [0.25, 0.3) is 0 Å². The van der Waals surface area contributed by atoms with E-state index >= 15 is 0 Å². The summed E-state index contributed by atoms with van der Waals surface area (Å²) in [5, 5.41) is 3.80. The zero-order valence-electron chi connectivity index (χ0n) is 10.8. The van der Waals surface area contributed by atoms with Crippen LogP contribution in [0.4, 0.5) is 13.2 Å². The van der Waals surface area contributed by atoms with Crippen LogP contribution >= 0.6 is 15.9 Å². The van der Waals surface area contributed by atoms with Crippen molar-refractivity contribution in [1.29, 1.82) is 0 Å². The highest BCUT2D eigenvalue weighted by molar-refractivity contribution is 9.10. The average molecular weight is 363 g/mol. The van der Waals surface area contributed by atoms with Crippen LogP contribution in [-0.2, 0) is 10.9 Å². The molecule has 0 aliphatic carbocycles. The minimum absolute atomic E-state index is 0.0879. The smallest absolute Gasteiger partial charge is 0.418 e. The van der Waals surface area contributed by atoms with Gasteiger partial charge in [0.1, 0.15) is 0 Å². The Bertz CT molecular complexity index is 668. The summed E-state index contributed by atoms with van der Waals surface area (Å²) in [5.41, 5.74) is -0.929. The number of nitrogens with zero attached hydrogens (tertiary/aromatic N) is 2. The first kappa shape index (κ1) is 15.6. The van der Waals surface area contributed by atoms with E-state index in [-0.39, 0.29) is 17.9 Å². The van der Waals surface area contributed by atoms with Gasteiger partial charge in [-0.2, -0.15) is 18.3 Å². The lowest BCUT2D eigenvalue weighted by Crippen LogP contribution is -2.11. The van der Waals surface area contributed by atoms with E-state index < -0.39 is 17.7 Å². The predicted molar refractivity (Wildman–Crippen MR) is 72.2 cm³/mol. The van der Waals surface area contributed by atoms with E-state index in [0.29, 0.717) is 4.47 Å². The second kappa shape index (κ2) is 5.88. The summed E-state index contributed by atoms with van der Waals surface area (Å²) in [7, 11) is 0. The number of alkyl halides is 3. The van der Waals surface area contributed by atoms with Crippen molar-refractivity contribution in [2.75, 3.05) is 6.61 Å². The molecular weight excluding hydrogens is 353 g/mol. The van der Waals surface area contributed by atoms with Crippen LogP contribution in [-0.4, -0.2) is 22.4 Å². The molecule has 0 aliphatic rings. The molecule has 2 rings (SSSR count). The van der Waals surface area contributed by atoms with Crippen LogP contribution in [0.3, 0.4) is 0 Å². The second-order valence-corrected chi connectivity index (χ2v) is 4.97. The topological polar surface area (TPSA) is 44.1 Å². The second-order valence-electron chi connectivity index (χ2n) is 4.05. The molecule has 0 radical (unpaired) electrons. The quantitative estimate of drug-likeness (QED) is 0.779. The maximum Gasteiger partial charge on any atom is 0.418 e. The molecule has 0 unspecified atom stereocenters. The zero-order valence-corrected chi connectivity index (χ0v) is 12.4. The van der Waals surface area contributed by atoms with Crippen molar-refractivity contribution < 1.29 is 22.7 Å². The fraction of sp³-hybridized carbons (Fsp3) is 0.231. The maximum atomic E-state index is 13.0. The van der Waals surface area contributed by atoms with E-state index in [1.807, 2.05) is 0 Å². The van der Waals surface area contributed by atoms with Gasteiger partial charge in [0.15, 0.2) is 0 Å². The van der Waals surface area contributed by atoms with Crippen molar-refractivity contribution >= 4 is 21.9 Å². The lowest BCUT2D eigenvalue weighted by Gasteiger charge is -2.13. The number of hydrogen-bond acceptors (Lipinski definition) is 3. The van der Waals surface area contributed by atoms with Gasteiger partial charge in [0, 0.05) is 10.7 Å². The Morgan fingerprint density at radius 3 is 2.76 bits per heavy atom. The molecule has 112 valence electrons. The maximum absolute atomic E-state index is 13.0. The molecule has 0 fully saturated rings. The van der Waals surface area contributed by atoms with E-state index in [0.717, 1.165) is 10.7 Å². The molecule has 0 N–H and O–H groups in total. The number of ether oxygens (including phenoxy) is 1. The highest BCUT2D eigenvalue weighted by Crippen LogP contribution is 2.35. The Kier molecular flexibility index (Phi) is 4.36. The standard InChI is InChI=1S/C13H10BrF3N2O2/c1-2-21-12(20)8-6-18-19(7-8)11-5-9(14)3-4-10(11)13(15,16)17/h3-7H,2H2,1H3. The molecule has 1 aromatic heterocycles. The largest absolute Gasteiger partial charge is 0.462 e. The predicted octanol–water partition coefficient (Wildman–Crippen LogP) is 3.83. The molecule has 0 spiro atoms. The number of rotatable bonds is 3. The summed E-state index contributed by atoms with van der Waals surface area (Å²) in [4.78, 5) is 11.5. The Labute approximate surface area is 126 Å². The molecule has 0 amide bonds. The number of halogens is 4. The van der Waals surface area contributed by atoms with Crippen LogP contribution in [0.1, 0.15) is 22.8 Å². The third kappa shape index (κ3) is 3.44. The van der Waals surface area contributed by atoms with Crippen molar-refractivity contribution in [3.05, 3.63) is 46.2 Å². The SMILES string of the molecule is CCOC(=O)c1cnn(-c2cc(Br)ccc2C(F)(F)F)c1. The molecule has 0 saturated heterocycles. The third-order valence-electron chi connectivity index (χ3n) is 2.61. The number of esters is 1. The summed E-state index contributed by atoms with van der Waals surface area (Å²) in [6, 6.07) is 3.53.